The van der Waals surface area contributed by atoms with Crippen LogP contribution in [-0.4, -0.2) is 19.5 Å². The van der Waals surface area contributed by atoms with Gasteiger partial charge < -0.3 is 10.6 Å². The molecule has 1 amide bonds. The van der Waals surface area contributed by atoms with Crippen LogP contribution in [0.25, 0.3) is 0 Å². The number of nitrogens with one attached hydrogen (secondary N) is 2. The van der Waals surface area contributed by atoms with E-state index in [4.69, 9.17) is 0 Å². The van der Waals surface area contributed by atoms with Crippen molar-refractivity contribution in [2.45, 2.75) is 46.1 Å². The van der Waals surface area contributed by atoms with E-state index in [-0.39, 0.29) is 24.4 Å². The van der Waals surface area contributed by atoms with Gasteiger partial charge in [-0.15, -0.1) is 12.4 Å². The molecule has 0 radical (unpaired) electrons. The highest BCUT2D eigenvalue weighted by molar-refractivity contribution is 5.85. The van der Waals surface area contributed by atoms with Gasteiger partial charge in [-0.3, -0.25) is 4.79 Å². The van der Waals surface area contributed by atoms with Gasteiger partial charge in [-0.2, -0.15) is 0 Å². The number of amides is 1. The third-order valence-electron chi connectivity index (χ3n) is 3.44. The van der Waals surface area contributed by atoms with Crippen molar-refractivity contribution in [3.8, 4) is 0 Å². The first-order valence-electron chi connectivity index (χ1n) is 7.54. The van der Waals surface area contributed by atoms with E-state index in [0.29, 0.717) is 12.3 Å². The summed E-state index contributed by atoms with van der Waals surface area (Å²) in [7, 11) is 1.91. The van der Waals surface area contributed by atoms with Crippen LogP contribution in [0, 0.1) is 12.8 Å². The summed E-state index contributed by atoms with van der Waals surface area (Å²) in [5.41, 5.74) is 2.48. The Labute approximate surface area is 135 Å². The first-order chi connectivity index (χ1) is 9.54. The zero-order valence-electron chi connectivity index (χ0n) is 13.6. The fraction of sp³-hybridized carbons (Fsp3) is 0.588. The lowest BCUT2D eigenvalue weighted by molar-refractivity contribution is -0.122. The molecule has 0 saturated carbocycles. The molecule has 3 nitrogen and oxygen atoms in total. The molecule has 0 heterocycles. The number of halogens is 1. The quantitative estimate of drug-likeness (QED) is 0.720. The van der Waals surface area contributed by atoms with Gasteiger partial charge in [-0.25, -0.2) is 0 Å². The van der Waals surface area contributed by atoms with Crippen LogP contribution in [0.5, 0.6) is 0 Å². The largest absolute Gasteiger partial charge is 0.349 e. The average molecular weight is 313 g/mol. The van der Waals surface area contributed by atoms with Crippen LogP contribution in [0.2, 0.25) is 0 Å². The first kappa shape index (κ1) is 19.9. The molecule has 0 saturated heterocycles. The lowest BCUT2D eigenvalue weighted by Gasteiger charge is -2.23. The molecular formula is C17H29ClN2O. The third-order valence-corrected chi connectivity index (χ3v) is 3.44. The summed E-state index contributed by atoms with van der Waals surface area (Å²) in [4.78, 5) is 12.1. The van der Waals surface area contributed by atoms with Crippen LogP contribution in [-0.2, 0) is 4.79 Å². The number of hydrogen-bond donors (Lipinski definition) is 2. The van der Waals surface area contributed by atoms with Gasteiger partial charge in [0.25, 0.3) is 0 Å². The molecule has 2 N–H and O–H groups in total. The Kier molecular flexibility index (Phi) is 10.1. The van der Waals surface area contributed by atoms with Crippen molar-refractivity contribution in [2.75, 3.05) is 13.6 Å². The van der Waals surface area contributed by atoms with Gasteiger partial charge in [0, 0.05) is 6.42 Å². The standard InChI is InChI=1S/C17H28N2O.ClH/c1-13(2)12-16(15-9-6-5-8-14(15)3)19-17(20)10-7-11-18-4;/h5-6,8-9,13,16,18H,7,10-12H2,1-4H3,(H,19,20);1H. The van der Waals surface area contributed by atoms with Gasteiger partial charge in [0.2, 0.25) is 5.91 Å². The number of carbonyl (C=O) groups excluding carboxylic acids is 1. The molecule has 0 aliphatic rings. The Morgan fingerprint density at radius 2 is 1.90 bits per heavy atom. The van der Waals surface area contributed by atoms with E-state index in [9.17, 15) is 4.79 Å². The van der Waals surface area contributed by atoms with Crippen molar-refractivity contribution in [3.05, 3.63) is 35.4 Å². The van der Waals surface area contributed by atoms with Crippen molar-refractivity contribution in [1.82, 2.24) is 10.6 Å². The second-order valence-electron chi connectivity index (χ2n) is 5.81. The highest BCUT2D eigenvalue weighted by Crippen LogP contribution is 2.24. The van der Waals surface area contributed by atoms with E-state index in [2.05, 4.69) is 43.5 Å². The number of hydrogen-bond acceptors (Lipinski definition) is 2. The molecule has 1 aromatic rings. The molecule has 0 aliphatic heterocycles. The van der Waals surface area contributed by atoms with Gasteiger partial charge in [0.15, 0.2) is 0 Å². The summed E-state index contributed by atoms with van der Waals surface area (Å²) >= 11 is 0. The third kappa shape index (κ3) is 7.49. The molecule has 120 valence electrons. The summed E-state index contributed by atoms with van der Waals surface area (Å²) in [6, 6.07) is 8.44. The van der Waals surface area contributed by atoms with Gasteiger partial charge in [0.05, 0.1) is 6.04 Å². The maximum atomic E-state index is 12.1. The van der Waals surface area contributed by atoms with Crippen molar-refractivity contribution < 1.29 is 4.79 Å². The minimum Gasteiger partial charge on any atom is -0.349 e. The lowest BCUT2D eigenvalue weighted by atomic mass is 9.93. The van der Waals surface area contributed by atoms with Crippen LogP contribution in [0.3, 0.4) is 0 Å². The summed E-state index contributed by atoms with van der Waals surface area (Å²) in [5.74, 6) is 0.700. The molecular weight excluding hydrogens is 284 g/mol. The van der Waals surface area contributed by atoms with Gasteiger partial charge in [0.1, 0.15) is 0 Å². The van der Waals surface area contributed by atoms with Gasteiger partial charge in [-0.05, 0) is 50.4 Å². The topological polar surface area (TPSA) is 41.1 Å². The van der Waals surface area contributed by atoms with Crippen LogP contribution in [0.1, 0.15) is 50.3 Å². The monoisotopic (exact) mass is 312 g/mol. The molecule has 1 atom stereocenters. The van der Waals surface area contributed by atoms with E-state index in [0.717, 1.165) is 19.4 Å². The van der Waals surface area contributed by atoms with Gasteiger partial charge >= 0.3 is 0 Å². The molecule has 4 heteroatoms. The summed E-state index contributed by atoms with van der Waals surface area (Å²) in [6.45, 7) is 7.37. The van der Waals surface area contributed by atoms with Crippen molar-refractivity contribution >= 4 is 18.3 Å². The van der Waals surface area contributed by atoms with Crippen LogP contribution >= 0.6 is 12.4 Å². The van der Waals surface area contributed by atoms with E-state index in [1.807, 2.05) is 19.2 Å². The highest BCUT2D eigenvalue weighted by atomic mass is 35.5. The van der Waals surface area contributed by atoms with Crippen LogP contribution in [0.4, 0.5) is 0 Å². The second-order valence-corrected chi connectivity index (χ2v) is 5.81. The molecule has 1 unspecified atom stereocenters. The zero-order chi connectivity index (χ0) is 15.0. The summed E-state index contributed by atoms with van der Waals surface area (Å²) in [5, 5.41) is 6.27. The van der Waals surface area contributed by atoms with E-state index in [1.54, 1.807) is 0 Å². The highest BCUT2D eigenvalue weighted by Gasteiger charge is 2.17. The number of carbonyl (C=O) groups is 1. The maximum absolute atomic E-state index is 12.1. The van der Waals surface area contributed by atoms with Gasteiger partial charge in [-0.1, -0.05) is 38.1 Å². The lowest BCUT2D eigenvalue weighted by Crippen LogP contribution is -2.30. The minimum atomic E-state index is 0. The molecule has 21 heavy (non-hydrogen) atoms. The predicted octanol–water partition coefficient (Wildman–Crippen LogP) is 3.62. The van der Waals surface area contributed by atoms with Crippen molar-refractivity contribution in [3.63, 3.8) is 0 Å². The van der Waals surface area contributed by atoms with Crippen molar-refractivity contribution in [2.24, 2.45) is 5.92 Å². The minimum absolute atomic E-state index is 0. The van der Waals surface area contributed by atoms with Crippen LogP contribution in [0.15, 0.2) is 24.3 Å². The summed E-state index contributed by atoms with van der Waals surface area (Å²) in [6.07, 6.45) is 2.44. The fourth-order valence-corrected chi connectivity index (χ4v) is 2.41. The zero-order valence-corrected chi connectivity index (χ0v) is 14.4. The normalized spacial score (nSPS) is 11.9. The molecule has 0 aromatic heterocycles. The Hall–Kier alpha value is -1.06. The maximum Gasteiger partial charge on any atom is 0.220 e. The van der Waals surface area contributed by atoms with E-state index < -0.39 is 0 Å². The Morgan fingerprint density at radius 3 is 2.48 bits per heavy atom. The molecule has 1 aromatic carbocycles. The predicted molar refractivity (Wildman–Crippen MR) is 91.9 cm³/mol. The number of benzene rings is 1. The molecule has 0 aliphatic carbocycles. The van der Waals surface area contributed by atoms with Crippen molar-refractivity contribution in [1.29, 1.82) is 0 Å². The molecule has 0 fully saturated rings. The molecule has 0 bridgehead atoms. The second kappa shape index (κ2) is 10.6. The Balaban J connectivity index is 0.00000400. The Bertz CT molecular complexity index is 421. The van der Waals surface area contributed by atoms with E-state index in [1.165, 1.54) is 11.1 Å². The first-order valence-corrected chi connectivity index (χ1v) is 7.54. The number of aryl methyl sites for hydroxylation is 1. The SMILES string of the molecule is CNCCCC(=O)NC(CC(C)C)c1ccccc1C.Cl. The molecule has 1 rings (SSSR count). The van der Waals surface area contributed by atoms with E-state index >= 15 is 0 Å². The fourth-order valence-electron chi connectivity index (χ4n) is 2.41. The smallest absolute Gasteiger partial charge is 0.220 e. The van der Waals surface area contributed by atoms with Crippen LogP contribution < -0.4 is 10.6 Å². The average Bonchev–Trinajstić information content (AvgIpc) is 2.38. The summed E-state index contributed by atoms with van der Waals surface area (Å²) < 4.78 is 0. The Morgan fingerprint density at radius 1 is 1.24 bits per heavy atom. The number of rotatable bonds is 8. The molecule has 0 spiro atoms.